The minimum atomic E-state index is -0.533. The van der Waals surface area contributed by atoms with Gasteiger partial charge in [-0.25, -0.2) is 4.98 Å². The molecular formula is C28H32N8O. The molecule has 1 aliphatic carbocycles. The van der Waals surface area contributed by atoms with Gasteiger partial charge in [-0.15, -0.1) is 0 Å². The van der Waals surface area contributed by atoms with Crippen LogP contribution in [0.15, 0.2) is 42.7 Å². The van der Waals surface area contributed by atoms with Crippen LogP contribution in [0.5, 0.6) is 0 Å². The number of aromatic nitrogens is 3. The number of rotatable bonds is 7. The van der Waals surface area contributed by atoms with Gasteiger partial charge in [0, 0.05) is 35.9 Å². The Balaban J connectivity index is 1.44. The first-order valence-corrected chi connectivity index (χ1v) is 12.8. The molecule has 0 bridgehead atoms. The molecule has 190 valence electrons. The summed E-state index contributed by atoms with van der Waals surface area (Å²) in [5.41, 5.74) is 4.65. The number of hydrogen-bond donors (Lipinski definition) is 4. The first-order chi connectivity index (χ1) is 17.8. The summed E-state index contributed by atoms with van der Waals surface area (Å²) < 4.78 is 0. The Morgan fingerprint density at radius 1 is 1.14 bits per heavy atom. The lowest BCUT2D eigenvalue weighted by atomic mass is 9.67. The average Bonchev–Trinajstić information content (AvgIpc) is 2.84. The Morgan fingerprint density at radius 2 is 1.95 bits per heavy atom. The number of nitrogens with one attached hydrogen (secondary N) is 4. The topological polar surface area (TPSA) is 128 Å². The summed E-state index contributed by atoms with van der Waals surface area (Å²) in [6.07, 6.45) is 6.79. The van der Waals surface area contributed by atoms with E-state index in [1.807, 2.05) is 25.1 Å². The molecule has 4 N–H and O–H groups in total. The third-order valence-corrected chi connectivity index (χ3v) is 7.30. The van der Waals surface area contributed by atoms with Gasteiger partial charge in [-0.3, -0.25) is 9.78 Å². The zero-order valence-corrected chi connectivity index (χ0v) is 21.5. The Hall–Kier alpha value is -4.03. The minimum absolute atomic E-state index is 0.0685. The van der Waals surface area contributed by atoms with E-state index >= 15 is 0 Å². The van der Waals surface area contributed by atoms with Crippen LogP contribution in [0.1, 0.15) is 67.2 Å². The number of carbonyl (C=O) groups excluding carboxylic acids is 1. The fraction of sp³-hybridized carbons (Fsp3) is 0.393. The lowest BCUT2D eigenvalue weighted by Crippen LogP contribution is -2.42. The van der Waals surface area contributed by atoms with Crippen molar-refractivity contribution in [2.24, 2.45) is 0 Å². The first-order valence-electron chi connectivity index (χ1n) is 12.8. The predicted octanol–water partition coefficient (Wildman–Crippen LogP) is 4.43. The van der Waals surface area contributed by atoms with E-state index in [4.69, 9.17) is 0 Å². The van der Waals surface area contributed by atoms with Crippen molar-refractivity contribution >= 4 is 29.0 Å². The predicted molar refractivity (Wildman–Crippen MR) is 143 cm³/mol. The summed E-state index contributed by atoms with van der Waals surface area (Å²) in [5.74, 6) is 0.496. The normalized spacial score (nSPS) is 17.0. The van der Waals surface area contributed by atoms with Gasteiger partial charge in [-0.1, -0.05) is 6.07 Å². The summed E-state index contributed by atoms with van der Waals surface area (Å²) in [6, 6.07) is 12.4. The van der Waals surface area contributed by atoms with Crippen molar-refractivity contribution in [3.05, 3.63) is 65.1 Å². The molecule has 3 heterocycles. The lowest BCUT2D eigenvalue weighted by molar-refractivity contribution is 0.0956. The number of nitriles is 1. The van der Waals surface area contributed by atoms with Crippen molar-refractivity contribution in [3.8, 4) is 6.07 Å². The zero-order chi connectivity index (χ0) is 26.0. The smallest absolute Gasteiger partial charge is 0.256 e. The van der Waals surface area contributed by atoms with Crippen LogP contribution in [0.3, 0.4) is 0 Å². The van der Waals surface area contributed by atoms with E-state index in [1.54, 1.807) is 6.20 Å². The fourth-order valence-corrected chi connectivity index (χ4v) is 5.04. The van der Waals surface area contributed by atoms with Gasteiger partial charge in [0.2, 0.25) is 5.95 Å². The van der Waals surface area contributed by atoms with Crippen LogP contribution >= 0.6 is 0 Å². The molecule has 1 saturated carbocycles. The van der Waals surface area contributed by atoms with Gasteiger partial charge in [-0.05, 0) is 88.4 Å². The monoisotopic (exact) mass is 496 g/mol. The Bertz CT molecular complexity index is 1370. The molecule has 9 heteroatoms. The van der Waals surface area contributed by atoms with E-state index in [0.717, 1.165) is 43.6 Å². The zero-order valence-electron chi connectivity index (χ0n) is 21.5. The lowest BCUT2D eigenvalue weighted by Gasteiger charge is -2.34. The number of hydrogen-bond acceptors (Lipinski definition) is 8. The van der Waals surface area contributed by atoms with E-state index in [0.29, 0.717) is 29.6 Å². The maximum atomic E-state index is 12.8. The van der Waals surface area contributed by atoms with E-state index in [9.17, 15) is 10.1 Å². The molecule has 5 rings (SSSR count). The van der Waals surface area contributed by atoms with Crippen LogP contribution in [0.4, 0.5) is 23.1 Å². The van der Waals surface area contributed by atoms with Gasteiger partial charge in [0.25, 0.3) is 5.91 Å². The van der Waals surface area contributed by atoms with Crippen molar-refractivity contribution < 1.29 is 4.79 Å². The first kappa shape index (κ1) is 24.7. The highest BCUT2D eigenvalue weighted by Gasteiger charge is 2.40. The van der Waals surface area contributed by atoms with E-state index in [-0.39, 0.29) is 11.4 Å². The summed E-state index contributed by atoms with van der Waals surface area (Å²) in [5, 5.41) is 22.7. The molecule has 2 aliphatic rings. The molecule has 2 aromatic heterocycles. The van der Waals surface area contributed by atoms with E-state index < -0.39 is 5.41 Å². The van der Waals surface area contributed by atoms with Crippen LogP contribution in [0, 0.1) is 11.3 Å². The molecule has 0 radical (unpaired) electrons. The van der Waals surface area contributed by atoms with Crippen LogP contribution in [-0.2, 0) is 17.4 Å². The molecule has 0 unspecified atom stereocenters. The Labute approximate surface area is 217 Å². The molecule has 3 aromatic rings. The van der Waals surface area contributed by atoms with Crippen LogP contribution in [0.2, 0.25) is 0 Å². The molecule has 1 amide bonds. The summed E-state index contributed by atoms with van der Waals surface area (Å²) in [7, 11) is 0. The molecule has 1 aromatic carbocycles. The second kappa shape index (κ2) is 9.79. The third-order valence-electron chi connectivity index (χ3n) is 7.30. The van der Waals surface area contributed by atoms with Crippen molar-refractivity contribution in [2.45, 2.75) is 57.4 Å². The van der Waals surface area contributed by atoms with Crippen LogP contribution in [0.25, 0.3) is 0 Å². The van der Waals surface area contributed by atoms with Crippen molar-refractivity contribution in [2.75, 3.05) is 23.7 Å². The molecule has 1 aliphatic heterocycles. The largest absolute Gasteiger partial charge is 0.352 e. The number of fused-ring (bicyclic) bond motifs is 1. The fourth-order valence-electron chi connectivity index (χ4n) is 5.04. The number of amides is 1. The van der Waals surface area contributed by atoms with Gasteiger partial charge >= 0.3 is 0 Å². The highest BCUT2D eigenvalue weighted by atomic mass is 16.1. The van der Waals surface area contributed by atoms with Crippen molar-refractivity contribution in [1.82, 2.24) is 25.6 Å². The highest BCUT2D eigenvalue weighted by Crippen LogP contribution is 2.42. The number of pyridine rings is 1. The summed E-state index contributed by atoms with van der Waals surface area (Å²) in [6.45, 7) is 7.66. The van der Waals surface area contributed by atoms with Gasteiger partial charge < -0.3 is 21.3 Å². The standard InChI is InChI=1S/C28H32N8O/c1-4-30-25(37)21-16-32-26(35-19-6-7-22-18(14-19)8-13-33-27(22,2)3)36-24(21)34-20-9-12-31-23(15-20)28(17-29)10-5-11-28/h6-7,9,12,14-16,33H,4-5,8,10-11,13H2,1-3H3,(H,30,37)(H2,31,32,34,35,36). The minimum Gasteiger partial charge on any atom is -0.352 e. The molecule has 0 atom stereocenters. The molecular weight excluding hydrogens is 464 g/mol. The quantitative estimate of drug-likeness (QED) is 0.378. The second-order valence-corrected chi connectivity index (χ2v) is 10.2. The summed E-state index contributed by atoms with van der Waals surface area (Å²) >= 11 is 0. The molecule has 0 saturated heterocycles. The van der Waals surface area contributed by atoms with Gasteiger partial charge in [0.1, 0.15) is 11.4 Å². The Kier molecular flexibility index (Phi) is 6.52. The average molecular weight is 497 g/mol. The number of benzene rings is 1. The number of anilines is 4. The van der Waals surface area contributed by atoms with Crippen LogP contribution < -0.4 is 21.3 Å². The number of carbonyl (C=O) groups is 1. The maximum Gasteiger partial charge on any atom is 0.256 e. The van der Waals surface area contributed by atoms with E-state index in [1.165, 1.54) is 17.3 Å². The van der Waals surface area contributed by atoms with E-state index in [2.05, 4.69) is 68.3 Å². The van der Waals surface area contributed by atoms with Gasteiger partial charge in [0.05, 0.1) is 17.2 Å². The molecule has 37 heavy (non-hydrogen) atoms. The third kappa shape index (κ3) is 4.85. The summed E-state index contributed by atoms with van der Waals surface area (Å²) in [4.78, 5) is 26.3. The van der Waals surface area contributed by atoms with Gasteiger partial charge in [0.15, 0.2) is 0 Å². The SMILES string of the molecule is CCNC(=O)c1cnc(Nc2ccc3c(c2)CCNC3(C)C)nc1Nc1ccnc(C2(C#N)CCC2)c1. The highest BCUT2D eigenvalue weighted by molar-refractivity contribution is 5.99. The second-order valence-electron chi connectivity index (χ2n) is 10.2. The van der Waals surface area contributed by atoms with Crippen molar-refractivity contribution in [1.29, 1.82) is 5.26 Å². The van der Waals surface area contributed by atoms with Crippen LogP contribution in [-0.4, -0.2) is 33.9 Å². The molecule has 9 nitrogen and oxygen atoms in total. The molecule has 0 spiro atoms. The molecule has 1 fully saturated rings. The van der Waals surface area contributed by atoms with Crippen molar-refractivity contribution in [3.63, 3.8) is 0 Å². The Morgan fingerprint density at radius 3 is 2.68 bits per heavy atom. The maximum absolute atomic E-state index is 12.8. The number of nitrogens with zero attached hydrogens (tertiary/aromatic N) is 4. The van der Waals surface area contributed by atoms with Gasteiger partial charge in [-0.2, -0.15) is 10.2 Å².